The van der Waals surface area contributed by atoms with Gasteiger partial charge in [0.2, 0.25) is 0 Å². The van der Waals surface area contributed by atoms with Crippen molar-refractivity contribution in [1.29, 1.82) is 0 Å². The molecule has 0 aliphatic heterocycles. The summed E-state index contributed by atoms with van der Waals surface area (Å²) in [6.45, 7) is 4.69. The lowest BCUT2D eigenvalue weighted by Crippen LogP contribution is -2.26. The third kappa shape index (κ3) is 2.88. The maximum Gasteiger partial charge on any atom is 0.253 e. The Bertz CT molecular complexity index is 583. The molecule has 0 fully saturated rings. The zero-order valence-electron chi connectivity index (χ0n) is 12.0. The van der Waals surface area contributed by atoms with Gasteiger partial charge in [0, 0.05) is 24.7 Å². The molecule has 2 rings (SSSR count). The summed E-state index contributed by atoms with van der Waals surface area (Å²) in [5.74, 6) is 0.717. The summed E-state index contributed by atoms with van der Waals surface area (Å²) in [5, 5.41) is 3.90. The van der Waals surface area contributed by atoms with Crippen molar-refractivity contribution < 1.29 is 9.32 Å². The minimum absolute atomic E-state index is 0.0337. The van der Waals surface area contributed by atoms with Gasteiger partial charge in [-0.05, 0) is 31.5 Å². The number of aromatic nitrogens is 1. The number of nitrogens with two attached hydrogens (primary N) is 1. The fourth-order valence-corrected chi connectivity index (χ4v) is 2.04. The molecule has 0 saturated carbocycles. The van der Waals surface area contributed by atoms with E-state index in [-0.39, 0.29) is 5.91 Å². The van der Waals surface area contributed by atoms with Crippen molar-refractivity contribution in [2.24, 2.45) is 5.73 Å². The quantitative estimate of drug-likeness (QED) is 0.925. The van der Waals surface area contributed by atoms with Gasteiger partial charge in [0.05, 0.1) is 12.2 Å². The van der Waals surface area contributed by atoms with E-state index in [4.69, 9.17) is 10.3 Å². The number of aryl methyl sites for hydroxylation is 2. The summed E-state index contributed by atoms with van der Waals surface area (Å²) in [4.78, 5) is 14.0. The molecule has 0 bridgehead atoms. The van der Waals surface area contributed by atoms with Gasteiger partial charge in [-0.2, -0.15) is 0 Å². The zero-order valence-corrected chi connectivity index (χ0v) is 12.0. The van der Waals surface area contributed by atoms with Gasteiger partial charge in [-0.15, -0.1) is 0 Å². The SMILES string of the molecule is Cc1noc(C)c1CN(C)C(=O)c1ccc(CN)cc1. The molecule has 1 heterocycles. The fourth-order valence-electron chi connectivity index (χ4n) is 2.04. The Labute approximate surface area is 118 Å². The van der Waals surface area contributed by atoms with Crippen molar-refractivity contribution >= 4 is 5.91 Å². The Hall–Kier alpha value is -2.14. The first-order chi connectivity index (χ1) is 9.52. The highest BCUT2D eigenvalue weighted by Crippen LogP contribution is 2.16. The summed E-state index contributed by atoms with van der Waals surface area (Å²) >= 11 is 0. The van der Waals surface area contributed by atoms with E-state index in [2.05, 4.69) is 5.16 Å². The molecule has 2 N–H and O–H groups in total. The number of benzene rings is 1. The first-order valence-corrected chi connectivity index (χ1v) is 6.49. The van der Waals surface area contributed by atoms with Gasteiger partial charge in [0.25, 0.3) is 5.91 Å². The summed E-state index contributed by atoms with van der Waals surface area (Å²) in [7, 11) is 1.77. The van der Waals surface area contributed by atoms with Gasteiger partial charge in [-0.1, -0.05) is 17.3 Å². The monoisotopic (exact) mass is 273 g/mol. The van der Waals surface area contributed by atoms with Gasteiger partial charge in [-0.3, -0.25) is 4.79 Å². The first kappa shape index (κ1) is 14.3. The van der Waals surface area contributed by atoms with Crippen LogP contribution in [0.1, 0.15) is 32.9 Å². The number of carbonyl (C=O) groups is 1. The van der Waals surface area contributed by atoms with E-state index in [9.17, 15) is 4.79 Å². The molecule has 0 saturated heterocycles. The fraction of sp³-hybridized carbons (Fsp3) is 0.333. The van der Waals surface area contributed by atoms with Crippen LogP contribution in [0.4, 0.5) is 0 Å². The lowest BCUT2D eigenvalue weighted by Gasteiger charge is -2.17. The molecule has 0 unspecified atom stereocenters. The molecule has 5 heteroatoms. The summed E-state index contributed by atoms with van der Waals surface area (Å²) in [6, 6.07) is 7.34. The van der Waals surface area contributed by atoms with Gasteiger partial charge in [-0.25, -0.2) is 0 Å². The lowest BCUT2D eigenvalue weighted by atomic mass is 10.1. The molecular weight excluding hydrogens is 254 g/mol. The van der Waals surface area contributed by atoms with E-state index in [1.165, 1.54) is 0 Å². The van der Waals surface area contributed by atoms with Crippen LogP contribution >= 0.6 is 0 Å². The molecule has 0 radical (unpaired) electrons. The van der Waals surface area contributed by atoms with Crippen molar-refractivity contribution in [2.75, 3.05) is 7.05 Å². The lowest BCUT2D eigenvalue weighted by molar-refractivity contribution is 0.0784. The summed E-state index contributed by atoms with van der Waals surface area (Å²) in [5.41, 5.74) is 8.98. The Morgan fingerprint density at radius 3 is 2.45 bits per heavy atom. The molecule has 0 spiro atoms. The zero-order chi connectivity index (χ0) is 14.7. The third-order valence-corrected chi connectivity index (χ3v) is 3.36. The maximum atomic E-state index is 12.3. The van der Waals surface area contributed by atoms with E-state index >= 15 is 0 Å². The molecule has 0 aliphatic carbocycles. The van der Waals surface area contributed by atoms with Crippen LogP contribution in [0, 0.1) is 13.8 Å². The molecular formula is C15H19N3O2. The number of carbonyl (C=O) groups excluding carboxylic acids is 1. The summed E-state index contributed by atoms with van der Waals surface area (Å²) in [6.07, 6.45) is 0. The molecule has 1 aromatic heterocycles. The molecule has 2 aromatic rings. The number of rotatable bonds is 4. The van der Waals surface area contributed by atoms with Gasteiger partial charge < -0.3 is 15.2 Å². The highest BCUT2D eigenvalue weighted by atomic mass is 16.5. The molecule has 0 atom stereocenters. The number of nitrogens with zero attached hydrogens (tertiary/aromatic N) is 2. The van der Waals surface area contributed by atoms with Crippen LogP contribution in [-0.4, -0.2) is 23.0 Å². The van der Waals surface area contributed by atoms with Gasteiger partial charge in [0.15, 0.2) is 0 Å². The van der Waals surface area contributed by atoms with Crippen LogP contribution in [0.3, 0.4) is 0 Å². The van der Waals surface area contributed by atoms with Crippen molar-refractivity contribution in [1.82, 2.24) is 10.1 Å². The number of hydrogen-bond acceptors (Lipinski definition) is 4. The van der Waals surface area contributed by atoms with E-state index < -0.39 is 0 Å². The highest BCUT2D eigenvalue weighted by molar-refractivity contribution is 5.94. The predicted octanol–water partition coefficient (Wildman–Crippen LogP) is 2.02. The van der Waals surface area contributed by atoms with Crippen molar-refractivity contribution in [3.05, 3.63) is 52.4 Å². The standard InChI is InChI=1S/C15H19N3O2/c1-10-14(11(2)20-17-10)9-18(3)15(19)13-6-4-12(8-16)5-7-13/h4-7H,8-9,16H2,1-3H3. The van der Waals surface area contributed by atoms with E-state index in [1.807, 2.05) is 26.0 Å². The Morgan fingerprint density at radius 1 is 1.30 bits per heavy atom. The number of hydrogen-bond donors (Lipinski definition) is 1. The summed E-state index contributed by atoms with van der Waals surface area (Å²) < 4.78 is 5.11. The first-order valence-electron chi connectivity index (χ1n) is 6.49. The van der Waals surface area contributed by atoms with Crippen molar-refractivity contribution in [3.8, 4) is 0 Å². The van der Waals surface area contributed by atoms with E-state index in [0.29, 0.717) is 18.7 Å². The topological polar surface area (TPSA) is 72.4 Å². The van der Waals surface area contributed by atoms with Crippen molar-refractivity contribution in [2.45, 2.75) is 26.9 Å². The third-order valence-electron chi connectivity index (χ3n) is 3.36. The highest BCUT2D eigenvalue weighted by Gasteiger charge is 2.16. The Balaban J connectivity index is 2.12. The average molecular weight is 273 g/mol. The van der Waals surface area contributed by atoms with Crippen LogP contribution in [0.5, 0.6) is 0 Å². The minimum atomic E-state index is -0.0337. The molecule has 0 aliphatic rings. The normalized spacial score (nSPS) is 10.6. The molecule has 5 nitrogen and oxygen atoms in total. The second-order valence-corrected chi connectivity index (χ2v) is 4.86. The largest absolute Gasteiger partial charge is 0.361 e. The molecule has 1 amide bonds. The van der Waals surface area contributed by atoms with Gasteiger partial charge in [0.1, 0.15) is 5.76 Å². The Kier molecular flexibility index (Phi) is 4.20. The van der Waals surface area contributed by atoms with Crippen molar-refractivity contribution in [3.63, 3.8) is 0 Å². The van der Waals surface area contributed by atoms with Crippen LogP contribution in [0.25, 0.3) is 0 Å². The number of amides is 1. The molecule has 20 heavy (non-hydrogen) atoms. The second-order valence-electron chi connectivity index (χ2n) is 4.86. The van der Waals surface area contributed by atoms with Crippen LogP contribution in [0.15, 0.2) is 28.8 Å². The minimum Gasteiger partial charge on any atom is -0.361 e. The molecule has 106 valence electrons. The smallest absolute Gasteiger partial charge is 0.253 e. The maximum absolute atomic E-state index is 12.3. The van der Waals surface area contributed by atoms with Crippen LogP contribution < -0.4 is 5.73 Å². The van der Waals surface area contributed by atoms with Gasteiger partial charge >= 0.3 is 0 Å². The Morgan fingerprint density at radius 2 is 1.95 bits per heavy atom. The molecule has 1 aromatic carbocycles. The van der Waals surface area contributed by atoms with E-state index in [0.717, 1.165) is 22.6 Å². The second kappa shape index (κ2) is 5.88. The van der Waals surface area contributed by atoms with Crippen LogP contribution in [0.2, 0.25) is 0 Å². The predicted molar refractivity (Wildman–Crippen MR) is 76.1 cm³/mol. The average Bonchev–Trinajstić information content (AvgIpc) is 2.78. The van der Waals surface area contributed by atoms with Crippen LogP contribution in [-0.2, 0) is 13.1 Å². The van der Waals surface area contributed by atoms with E-state index in [1.54, 1.807) is 24.1 Å².